The van der Waals surface area contributed by atoms with Crippen LogP contribution < -0.4 is 4.90 Å². The van der Waals surface area contributed by atoms with E-state index in [-0.39, 0.29) is 11.3 Å². The van der Waals surface area contributed by atoms with E-state index in [0.717, 1.165) is 31.3 Å². The first-order valence-electron chi connectivity index (χ1n) is 7.99. The lowest BCUT2D eigenvalue weighted by Crippen LogP contribution is -2.49. The summed E-state index contributed by atoms with van der Waals surface area (Å²) < 4.78 is 0. The van der Waals surface area contributed by atoms with Crippen molar-refractivity contribution in [3.63, 3.8) is 0 Å². The minimum atomic E-state index is 0.112. The fourth-order valence-corrected chi connectivity index (χ4v) is 4.20. The lowest BCUT2D eigenvalue weighted by molar-refractivity contribution is -0.133. The fourth-order valence-electron chi connectivity index (χ4n) is 3.51. The maximum Gasteiger partial charge on any atom is 0.226 e. The molecule has 1 amide bonds. The van der Waals surface area contributed by atoms with Gasteiger partial charge in [-0.3, -0.25) is 4.79 Å². The first-order valence-corrected chi connectivity index (χ1v) is 8.87. The van der Waals surface area contributed by atoms with E-state index < -0.39 is 0 Å². The van der Waals surface area contributed by atoms with Crippen LogP contribution >= 0.6 is 11.3 Å². The maximum absolute atomic E-state index is 12.8. The molecule has 0 bridgehead atoms. The second-order valence-corrected chi connectivity index (χ2v) is 8.07. The van der Waals surface area contributed by atoms with Gasteiger partial charge in [0.2, 0.25) is 5.91 Å². The second kappa shape index (κ2) is 5.69. The number of nitrogens with zero attached hydrogens (tertiary/aromatic N) is 3. The molecule has 0 spiro atoms. The van der Waals surface area contributed by atoms with Crippen molar-refractivity contribution in [2.24, 2.45) is 17.3 Å². The first-order chi connectivity index (χ1) is 10.4. The minimum absolute atomic E-state index is 0.112. The van der Waals surface area contributed by atoms with Crippen molar-refractivity contribution < 1.29 is 4.79 Å². The number of amides is 1. The molecule has 22 heavy (non-hydrogen) atoms. The van der Waals surface area contributed by atoms with Gasteiger partial charge in [-0.1, -0.05) is 25.5 Å². The largest absolute Gasteiger partial charge is 0.345 e. The molecule has 2 fully saturated rings. The van der Waals surface area contributed by atoms with Crippen molar-refractivity contribution in [1.82, 2.24) is 9.88 Å². The van der Waals surface area contributed by atoms with Gasteiger partial charge >= 0.3 is 0 Å². The van der Waals surface area contributed by atoms with E-state index in [1.165, 1.54) is 5.57 Å². The van der Waals surface area contributed by atoms with Crippen molar-refractivity contribution in [3.05, 3.63) is 23.2 Å². The number of anilines is 1. The number of allylic oxidation sites excluding steroid dienone is 2. The summed E-state index contributed by atoms with van der Waals surface area (Å²) in [6, 6.07) is 0. The Balaban J connectivity index is 1.60. The van der Waals surface area contributed by atoms with E-state index in [1.807, 2.05) is 11.6 Å². The van der Waals surface area contributed by atoms with Crippen LogP contribution in [0.15, 0.2) is 23.2 Å². The first kappa shape index (κ1) is 15.5. The molecule has 120 valence electrons. The summed E-state index contributed by atoms with van der Waals surface area (Å²) in [5.41, 5.74) is 1.42. The smallest absolute Gasteiger partial charge is 0.226 e. The highest BCUT2D eigenvalue weighted by molar-refractivity contribution is 7.13. The van der Waals surface area contributed by atoms with Gasteiger partial charge in [-0.05, 0) is 25.2 Å². The van der Waals surface area contributed by atoms with Crippen molar-refractivity contribution in [1.29, 1.82) is 0 Å². The molecule has 4 nitrogen and oxygen atoms in total. The third-order valence-electron chi connectivity index (χ3n) is 4.97. The van der Waals surface area contributed by atoms with Crippen molar-refractivity contribution in [3.8, 4) is 0 Å². The molecule has 1 saturated heterocycles. The summed E-state index contributed by atoms with van der Waals surface area (Å²) in [6.07, 6.45) is 4.11. The highest BCUT2D eigenvalue weighted by atomic mass is 32.1. The molecule has 5 heteroatoms. The molecule has 1 aliphatic heterocycles. The molecule has 1 saturated carbocycles. The summed E-state index contributed by atoms with van der Waals surface area (Å²) >= 11 is 1.67. The van der Waals surface area contributed by atoms with Gasteiger partial charge in [0.25, 0.3) is 0 Å². The van der Waals surface area contributed by atoms with Crippen LogP contribution in [-0.2, 0) is 4.79 Å². The van der Waals surface area contributed by atoms with Gasteiger partial charge in [-0.15, -0.1) is 11.3 Å². The van der Waals surface area contributed by atoms with Crippen LogP contribution in [0.5, 0.6) is 0 Å². The summed E-state index contributed by atoms with van der Waals surface area (Å²) in [5.74, 6) is 0.905. The number of carbonyl (C=O) groups excluding carboxylic acids is 1. The lowest BCUT2D eigenvalue weighted by atomic mass is 10.1. The Bertz CT molecular complexity index is 567. The monoisotopic (exact) mass is 319 g/mol. The molecular weight excluding hydrogens is 294 g/mol. The molecule has 2 heterocycles. The Hall–Kier alpha value is -1.36. The predicted octanol–water partition coefficient (Wildman–Crippen LogP) is 3.03. The van der Waals surface area contributed by atoms with Crippen LogP contribution in [0.1, 0.15) is 27.7 Å². The average molecular weight is 319 g/mol. The summed E-state index contributed by atoms with van der Waals surface area (Å²) in [7, 11) is 0. The van der Waals surface area contributed by atoms with Crippen LogP contribution in [0.4, 0.5) is 5.13 Å². The van der Waals surface area contributed by atoms with Crippen LogP contribution in [0.25, 0.3) is 0 Å². The Labute approximate surface area is 136 Å². The predicted molar refractivity (Wildman–Crippen MR) is 91.1 cm³/mol. The molecule has 1 aromatic rings. The average Bonchev–Trinajstić information content (AvgIpc) is 2.87. The lowest BCUT2D eigenvalue weighted by Gasteiger charge is -2.35. The Kier molecular flexibility index (Phi) is 4.02. The molecule has 2 atom stereocenters. The number of aromatic nitrogens is 1. The maximum atomic E-state index is 12.8. The third-order valence-corrected chi connectivity index (χ3v) is 5.80. The van der Waals surface area contributed by atoms with Gasteiger partial charge < -0.3 is 9.80 Å². The second-order valence-electron chi connectivity index (χ2n) is 7.20. The Morgan fingerprint density at radius 1 is 1.32 bits per heavy atom. The summed E-state index contributed by atoms with van der Waals surface area (Å²) in [6.45, 7) is 12.1. The number of thiazole rings is 1. The molecule has 2 aliphatic rings. The van der Waals surface area contributed by atoms with Crippen LogP contribution in [0, 0.1) is 17.3 Å². The quantitative estimate of drug-likeness (QED) is 0.804. The molecule has 3 rings (SSSR count). The fraction of sp³-hybridized carbons (Fsp3) is 0.647. The topological polar surface area (TPSA) is 36.4 Å². The van der Waals surface area contributed by atoms with Gasteiger partial charge in [-0.25, -0.2) is 4.98 Å². The summed E-state index contributed by atoms with van der Waals surface area (Å²) in [4.78, 5) is 21.5. The zero-order chi connectivity index (χ0) is 15.9. The number of rotatable bonds is 3. The number of hydrogen-bond donors (Lipinski definition) is 0. The van der Waals surface area contributed by atoms with E-state index in [4.69, 9.17) is 0 Å². The third kappa shape index (κ3) is 2.78. The van der Waals surface area contributed by atoms with Crippen LogP contribution in [0.2, 0.25) is 0 Å². The van der Waals surface area contributed by atoms with E-state index in [0.29, 0.717) is 11.8 Å². The van der Waals surface area contributed by atoms with Gasteiger partial charge in [0.05, 0.1) is 5.92 Å². The van der Waals surface area contributed by atoms with Crippen LogP contribution in [-0.4, -0.2) is 42.0 Å². The molecule has 1 aromatic heterocycles. The molecule has 0 radical (unpaired) electrons. The molecule has 1 aliphatic carbocycles. The Morgan fingerprint density at radius 2 is 2.00 bits per heavy atom. The molecular formula is C17H25N3OS. The van der Waals surface area contributed by atoms with Gasteiger partial charge in [-0.2, -0.15) is 0 Å². The van der Waals surface area contributed by atoms with Gasteiger partial charge in [0.1, 0.15) is 0 Å². The van der Waals surface area contributed by atoms with E-state index in [9.17, 15) is 4.79 Å². The van der Waals surface area contributed by atoms with E-state index in [1.54, 1.807) is 11.3 Å². The Morgan fingerprint density at radius 3 is 2.55 bits per heavy atom. The van der Waals surface area contributed by atoms with E-state index >= 15 is 0 Å². The zero-order valence-electron chi connectivity index (χ0n) is 13.9. The van der Waals surface area contributed by atoms with Crippen molar-refractivity contribution in [2.75, 3.05) is 31.1 Å². The normalized spacial score (nSPS) is 26.7. The van der Waals surface area contributed by atoms with E-state index in [2.05, 4.69) is 48.6 Å². The van der Waals surface area contributed by atoms with Gasteiger partial charge in [0.15, 0.2) is 5.13 Å². The standard InChI is InChI=1S/C17H25N3OS/c1-12(2)11-13-14(17(13,3)4)15(21)19-6-8-20(9-7-19)16-18-5-10-22-16/h5,10-11,13-14H,6-9H2,1-4H3. The SMILES string of the molecule is CC(C)=CC1C(C(=O)N2CCN(c3nccs3)CC2)C1(C)C. The zero-order valence-corrected chi connectivity index (χ0v) is 14.7. The number of piperazine rings is 1. The van der Waals surface area contributed by atoms with Crippen LogP contribution in [0.3, 0.4) is 0 Å². The van der Waals surface area contributed by atoms with Crippen molar-refractivity contribution in [2.45, 2.75) is 27.7 Å². The molecule has 0 aromatic carbocycles. The molecule has 2 unspecified atom stereocenters. The van der Waals surface area contributed by atoms with Crippen molar-refractivity contribution >= 4 is 22.4 Å². The number of carbonyl (C=O) groups is 1. The molecule has 0 N–H and O–H groups in total. The van der Waals surface area contributed by atoms with Gasteiger partial charge in [0, 0.05) is 37.8 Å². The number of hydrogen-bond acceptors (Lipinski definition) is 4. The highest BCUT2D eigenvalue weighted by Crippen LogP contribution is 2.60. The highest BCUT2D eigenvalue weighted by Gasteiger charge is 2.61. The minimum Gasteiger partial charge on any atom is -0.345 e. The summed E-state index contributed by atoms with van der Waals surface area (Å²) in [5, 5.41) is 3.07.